The van der Waals surface area contributed by atoms with Crippen molar-refractivity contribution in [2.24, 2.45) is 5.73 Å². The van der Waals surface area contributed by atoms with Gasteiger partial charge in [-0.3, -0.25) is 14.4 Å². The molecule has 0 radical (unpaired) electrons. The van der Waals surface area contributed by atoms with Gasteiger partial charge in [0.25, 0.3) is 5.91 Å². The zero-order chi connectivity index (χ0) is 22.1. The van der Waals surface area contributed by atoms with Crippen LogP contribution in [0.2, 0.25) is 5.02 Å². The fraction of sp³-hybridized carbons (Fsp3) is 0.227. The van der Waals surface area contributed by atoms with Crippen LogP contribution in [0.1, 0.15) is 28.5 Å². The number of nitriles is 1. The van der Waals surface area contributed by atoms with Crippen molar-refractivity contribution in [3.05, 3.63) is 70.1 Å². The van der Waals surface area contributed by atoms with Crippen molar-refractivity contribution < 1.29 is 9.18 Å². The normalized spacial score (nSPS) is 15.9. The molecule has 4 rings (SSSR count). The Labute approximate surface area is 183 Å². The molecule has 2 heterocycles. The first-order valence-electron chi connectivity index (χ1n) is 9.70. The third-order valence-corrected chi connectivity index (χ3v) is 5.70. The van der Waals surface area contributed by atoms with E-state index in [0.29, 0.717) is 47.8 Å². The van der Waals surface area contributed by atoms with Crippen molar-refractivity contribution in [1.82, 2.24) is 14.7 Å². The molecule has 0 spiro atoms. The van der Waals surface area contributed by atoms with E-state index in [4.69, 9.17) is 22.6 Å². The number of carbonyl (C=O) groups is 1. The monoisotopic (exact) mass is 438 g/mol. The lowest BCUT2D eigenvalue weighted by atomic mass is 10.0. The molecule has 7 nitrogen and oxygen atoms in total. The van der Waals surface area contributed by atoms with Gasteiger partial charge in [-0.1, -0.05) is 11.6 Å². The number of amides is 1. The second-order valence-electron chi connectivity index (χ2n) is 7.47. The van der Waals surface area contributed by atoms with Gasteiger partial charge in [-0.2, -0.15) is 10.4 Å². The molecule has 1 aliphatic rings. The predicted molar refractivity (Wildman–Crippen MR) is 116 cm³/mol. The quantitative estimate of drug-likeness (QED) is 0.634. The van der Waals surface area contributed by atoms with Crippen LogP contribution in [0.4, 0.5) is 10.1 Å². The molecule has 0 saturated heterocycles. The number of carbonyl (C=O) groups excluding carboxylic acids is 1. The molecule has 1 aromatic heterocycles. The van der Waals surface area contributed by atoms with Crippen LogP contribution in [0, 0.1) is 17.1 Å². The zero-order valence-corrected chi connectivity index (χ0v) is 17.5. The second kappa shape index (κ2) is 8.38. The first-order valence-corrected chi connectivity index (χ1v) is 10.1. The SMILES string of the molecule is CC1Cn2nc(-c3ccc(F)c(Cl)c3)c(C(N)=O)c2CN1CNc1ccc(C#N)cc1. The molecule has 1 amide bonds. The van der Waals surface area contributed by atoms with Gasteiger partial charge in [-0.25, -0.2) is 4.39 Å². The number of nitrogens with two attached hydrogens (primary N) is 1. The van der Waals surface area contributed by atoms with E-state index in [1.54, 1.807) is 16.8 Å². The highest BCUT2D eigenvalue weighted by Gasteiger charge is 2.31. The van der Waals surface area contributed by atoms with Gasteiger partial charge in [0, 0.05) is 23.8 Å². The Morgan fingerprint density at radius 3 is 2.74 bits per heavy atom. The summed E-state index contributed by atoms with van der Waals surface area (Å²) in [4.78, 5) is 14.5. The van der Waals surface area contributed by atoms with Crippen LogP contribution < -0.4 is 11.1 Å². The molecule has 1 unspecified atom stereocenters. The second-order valence-corrected chi connectivity index (χ2v) is 7.87. The predicted octanol–water partition coefficient (Wildman–Crippen LogP) is 3.59. The number of nitrogens with one attached hydrogen (secondary N) is 1. The summed E-state index contributed by atoms with van der Waals surface area (Å²) in [5.41, 5.74) is 9.16. The molecule has 3 aromatic rings. The van der Waals surface area contributed by atoms with E-state index in [9.17, 15) is 9.18 Å². The average Bonchev–Trinajstić information content (AvgIpc) is 3.12. The van der Waals surface area contributed by atoms with Gasteiger partial charge in [-0.05, 0) is 49.4 Å². The van der Waals surface area contributed by atoms with Gasteiger partial charge in [0.2, 0.25) is 0 Å². The minimum Gasteiger partial charge on any atom is -0.372 e. The summed E-state index contributed by atoms with van der Waals surface area (Å²) in [6.45, 7) is 3.64. The molecular weight excluding hydrogens is 419 g/mol. The van der Waals surface area contributed by atoms with Gasteiger partial charge >= 0.3 is 0 Å². The van der Waals surface area contributed by atoms with Crippen LogP contribution in [0.5, 0.6) is 0 Å². The highest BCUT2D eigenvalue weighted by molar-refractivity contribution is 6.31. The van der Waals surface area contributed by atoms with Crippen LogP contribution in [0.3, 0.4) is 0 Å². The average molecular weight is 439 g/mol. The van der Waals surface area contributed by atoms with Crippen LogP contribution in [-0.2, 0) is 13.1 Å². The summed E-state index contributed by atoms with van der Waals surface area (Å²) in [7, 11) is 0. The molecule has 0 fully saturated rings. The molecular formula is C22H20ClFN6O. The maximum Gasteiger partial charge on any atom is 0.252 e. The van der Waals surface area contributed by atoms with Crippen molar-refractivity contribution in [2.75, 3.05) is 12.0 Å². The fourth-order valence-corrected chi connectivity index (χ4v) is 3.87. The van der Waals surface area contributed by atoms with E-state index >= 15 is 0 Å². The number of primary amides is 1. The van der Waals surface area contributed by atoms with Crippen molar-refractivity contribution in [2.45, 2.75) is 26.1 Å². The number of hydrogen-bond acceptors (Lipinski definition) is 5. The van der Waals surface area contributed by atoms with Crippen molar-refractivity contribution in [1.29, 1.82) is 5.26 Å². The number of rotatable bonds is 5. The fourth-order valence-electron chi connectivity index (χ4n) is 3.69. The Morgan fingerprint density at radius 1 is 1.35 bits per heavy atom. The van der Waals surface area contributed by atoms with Crippen LogP contribution in [0.15, 0.2) is 42.5 Å². The Hall–Kier alpha value is -3.41. The van der Waals surface area contributed by atoms with Crippen molar-refractivity contribution >= 4 is 23.2 Å². The highest BCUT2D eigenvalue weighted by atomic mass is 35.5. The number of benzene rings is 2. The van der Waals surface area contributed by atoms with Crippen LogP contribution in [0.25, 0.3) is 11.3 Å². The van der Waals surface area contributed by atoms with Gasteiger partial charge in [0.15, 0.2) is 0 Å². The first kappa shape index (κ1) is 20.8. The van der Waals surface area contributed by atoms with E-state index in [0.717, 1.165) is 5.69 Å². The maximum absolute atomic E-state index is 13.6. The molecule has 3 N–H and O–H groups in total. The maximum atomic E-state index is 13.6. The Balaban J connectivity index is 1.60. The number of nitrogens with zero attached hydrogens (tertiary/aromatic N) is 4. The lowest BCUT2D eigenvalue weighted by Crippen LogP contribution is -2.44. The molecule has 0 aliphatic carbocycles. The molecule has 9 heteroatoms. The Kier molecular flexibility index (Phi) is 5.63. The summed E-state index contributed by atoms with van der Waals surface area (Å²) in [6, 6.07) is 13.7. The lowest BCUT2D eigenvalue weighted by molar-refractivity contribution is 0.0994. The highest BCUT2D eigenvalue weighted by Crippen LogP contribution is 2.31. The van der Waals surface area contributed by atoms with Crippen LogP contribution in [-0.4, -0.2) is 33.3 Å². The van der Waals surface area contributed by atoms with Gasteiger partial charge in [0.1, 0.15) is 11.5 Å². The third kappa shape index (κ3) is 4.10. The van der Waals surface area contributed by atoms with Gasteiger partial charge in [-0.15, -0.1) is 0 Å². The Morgan fingerprint density at radius 2 is 2.10 bits per heavy atom. The number of fused-ring (bicyclic) bond motifs is 1. The van der Waals surface area contributed by atoms with Crippen molar-refractivity contribution in [3.8, 4) is 17.3 Å². The first-order chi connectivity index (χ1) is 14.9. The molecule has 0 saturated carbocycles. The number of anilines is 1. The van der Waals surface area contributed by atoms with Gasteiger partial charge in [0.05, 0.1) is 41.1 Å². The van der Waals surface area contributed by atoms with E-state index in [1.165, 1.54) is 18.2 Å². The summed E-state index contributed by atoms with van der Waals surface area (Å²) in [5.74, 6) is -1.13. The standard InChI is InChI=1S/C22H20ClFN6O/c1-13-10-30-19(11-29(13)12-27-16-5-2-14(9-25)3-6-16)20(22(26)31)21(28-30)15-4-7-18(24)17(23)8-15/h2-8,13,27H,10-12H2,1H3,(H2,26,31). The molecule has 0 bridgehead atoms. The smallest absolute Gasteiger partial charge is 0.252 e. The van der Waals surface area contributed by atoms with E-state index in [2.05, 4.69) is 28.3 Å². The van der Waals surface area contributed by atoms with Crippen molar-refractivity contribution in [3.63, 3.8) is 0 Å². The van der Waals surface area contributed by atoms with E-state index in [-0.39, 0.29) is 11.1 Å². The Bertz CT molecular complexity index is 1180. The molecule has 158 valence electrons. The number of halogens is 2. The van der Waals surface area contributed by atoms with Crippen LogP contribution >= 0.6 is 11.6 Å². The summed E-state index contributed by atoms with van der Waals surface area (Å²) in [5, 5.41) is 16.8. The minimum atomic E-state index is -0.591. The molecule has 1 atom stereocenters. The summed E-state index contributed by atoms with van der Waals surface area (Å²) in [6.07, 6.45) is 0. The minimum absolute atomic E-state index is 0.0412. The summed E-state index contributed by atoms with van der Waals surface area (Å²) >= 11 is 5.93. The largest absolute Gasteiger partial charge is 0.372 e. The third-order valence-electron chi connectivity index (χ3n) is 5.41. The number of aromatic nitrogens is 2. The van der Waals surface area contributed by atoms with E-state index in [1.807, 2.05) is 12.1 Å². The van der Waals surface area contributed by atoms with E-state index < -0.39 is 11.7 Å². The van der Waals surface area contributed by atoms with Gasteiger partial charge < -0.3 is 11.1 Å². The molecule has 31 heavy (non-hydrogen) atoms. The molecule has 2 aromatic carbocycles. The number of hydrogen-bond donors (Lipinski definition) is 2. The lowest BCUT2D eigenvalue weighted by Gasteiger charge is -2.34. The topological polar surface area (TPSA) is 100.0 Å². The summed E-state index contributed by atoms with van der Waals surface area (Å²) < 4.78 is 15.4. The zero-order valence-electron chi connectivity index (χ0n) is 16.8. The molecule has 1 aliphatic heterocycles.